The van der Waals surface area contributed by atoms with Crippen LogP contribution in [-0.4, -0.2) is 19.1 Å². The molecule has 0 atom stereocenters. The van der Waals surface area contributed by atoms with Crippen molar-refractivity contribution in [3.8, 4) is 5.75 Å². The first-order valence-electron chi connectivity index (χ1n) is 7.41. The molecule has 0 bridgehead atoms. The number of amides is 1. The second-order valence-corrected chi connectivity index (χ2v) is 4.91. The zero-order valence-corrected chi connectivity index (χ0v) is 13.0. The van der Waals surface area contributed by atoms with Crippen molar-refractivity contribution in [3.05, 3.63) is 53.8 Å². The van der Waals surface area contributed by atoms with E-state index in [9.17, 15) is 18.0 Å². The van der Waals surface area contributed by atoms with Crippen LogP contribution >= 0.6 is 0 Å². The van der Waals surface area contributed by atoms with E-state index in [0.29, 0.717) is 13.2 Å². The van der Waals surface area contributed by atoms with E-state index in [2.05, 4.69) is 10.6 Å². The second-order valence-electron chi connectivity index (χ2n) is 4.91. The lowest BCUT2D eigenvalue weighted by Gasteiger charge is -2.09. The van der Waals surface area contributed by atoms with Crippen LogP contribution in [0.25, 0.3) is 0 Å². The molecule has 0 saturated carbocycles. The van der Waals surface area contributed by atoms with E-state index in [1.54, 1.807) is 24.3 Å². The molecule has 2 rings (SSSR count). The Kier molecular flexibility index (Phi) is 6.06. The third-order valence-corrected chi connectivity index (χ3v) is 3.16. The summed E-state index contributed by atoms with van der Waals surface area (Å²) in [5.74, 6) is -4.10. The molecule has 0 aliphatic rings. The van der Waals surface area contributed by atoms with Gasteiger partial charge in [-0.2, -0.15) is 0 Å². The van der Waals surface area contributed by atoms with Crippen molar-refractivity contribution in [3.63, 3.8) is 0 Å². The van der Waals surface area contributed by atoms with Crippen LogP contribution in [0.5, 0.6) is 5.75 Å². The Labute approximate surface area is 137 Å². The van der Waals surface area contributed by atoms with E-state index in [1.165, 1.54) is 0 Å². The maximum absolute atomic E-state index is 13.5. The minimum atomic E-state index is -1.61. The Bertz CT molecular complexity index is 706. The highest BCUT2D eigenvalue weighted by Gasteiger charge is 2.14. The van der Waals surface area contributed by atoms with Crippen LogP contribution < -0.4 is 15.4 Å². The van der Waals surface area contributed by atoms with Crippen LogP contribution in [0.1, 0.15) is 13.3 Å². The number of carbonyl (C=O) groups is 1. The highest BCUT2D eigenvalue weighted by molar-refractivity contribution is 5.91. The third kappa shape index (κ3) is 4.65. The summed E-state index contributed by atoms with van der Waals surface area (Å²) in [5, 5.41) is 5.23. The number of nitrogens with one attached hydrogen (secondary N) is 2. The first-order valence-corrected chi connectivity index (χ1v) is 7.41. The Hall–Kier alpha value is -2.70. The average Bonchev–Trinajstić information content (AvgIpc) is 2.57. The SMILES string of the molecule is CCOc1ccc(NCCC(=O)Nc2ccc(F)c(F)c2F)cc1. The predicted octanol–water partition coefficient (Wildman–Crippen LogP) is 3.94. The van der Waals surface area contributed by atoms with E-state index in [4.69, 9.17) is 4.74 Å². The molecule has 0 saturated heterocycles. The molecule has 4 nitrogen and oxygen atoms in total. The zero-order chi connectivity index (χ0) is 17.5. The molecular formula is C17H17F3N2O2. The number of carbonyl (C=O) groups excluding carboxylic acids is 1. The lowest BCUT2D eigenvalue weighted by molar-refractivity contribution is -0.116. The van der Waals surface area contributed by atoms with Gasteiger partial charge in [0.05, 0.1) is 12.3 Å². The molecule has 2 aromatic carbocycles. The zero-order valence-electron chi connectivity index (χ0n) is 13.0. The number of anilines is 2. The van der Waals surface area contributed by atoms with Crippen molar-refractivity contribution in [1.82, 2.24) is 0 Å². The first-order chi connectivity index (χ1) is 11.5. The van der Waals surface area contributed by atoms with Gasteiger partial charge in [0.1, 0.15) is 5.75 Å². The summed E-state index contributed by atoms with van der Waals surface area (Å²) in [4.78, 5) is 11.7. The third-order valence-electron chi connectivity index (χ3n) is 3.16. The fraction of sp³-hybridized carbons (Fsp3) is 0.235. The maximum atomic E-state index is 13.5. The molecule has 0 fully saturated rings. The van der Waals surface area contributed by atoms with Gasteiger partial charge in [-0.1, -0.05) is 0 Å². The number of halogens is 3. The number of benzene rings is 2. The molecule has 0 heterocycles. The topological polar surface area (TPSA) is 50.4 Å². The molecule has 0 aliphatic heterocycles. The Balaban J connectivity index is 1.82. The minimum Gasteiger partial charge on any atom is -0.494 e. The molecule has 0 spiro atoms. The molecule has 128 valence electrons. The van der Waals surface area contributed by atoms with Crippen molar-refractivity contribution >= 4 is 17.3 Å². The van der Waals surface area contributed by atoms with Crippen LogP contribution in [0.15, 0.2) is 36.4 Å². The summed E-state index contributed by atoms with van der Waals surface area (Å²) >= 11 is 0. The van der Waals surface area contributed by atoms with Crippen molar-refractivity contribution in [2.24, 2.45) is 0 Å². The van der Waals surface area contributed by atoms with Crippen LogP contribution in [0, 0.1) is 17.5 Å². The van der Waals surface area contributed by atoms with Crippen molar-refractivity contribution in [2.45, 2.75) is 13.3 Å². The van der Waals surface area contributed by atoms with Gasteiger partial charge in [0.15, 0.2) is 17.5 Å². The first kappa shape index (κ1) is 17.7. The molecule has 24 heavy (non-hydrogen) atoms. The molecule has 0 aromatic heterocycles. The Morgan fingerprint density at radius 2 is 1.75 bits per heavy atom. The smallest absolute Gasteiger partial charge is 0.226 e. The van der Waals surface area contributed by atoms with Gasteiger partial charge in [0.25, 0.3) is 0 Å². The van der Waals surface area contributed by atoms with Gasteiger partial charge in [-0.15, -0.1) is 0 Å². The van der Waals surface area contributed by atoms with Crippen LogP contribution in [-0.2, 0) is 4.79 Å². The summed E-state index contributed by atoms with van der Waals surface area (Å²) < 4.78 is 44.7. The number of hydrogen-bond donors (Lipinski definition) is 2. The molecular weight excluding hydrogens is 321 g/mol. The van der Waals surface area contributed by atoms with E-state index in [1.807, 2.05) is 6.92 Å². The highest BCUT2D eigenvalue weighted by atomic mass is 19.2. The fourth-order valence-electron chi connectivity index (χ4n) is 1.99. The monoisotopic (exact) mass is 338 g/mol. The fourth-order valence-corrected chi connectivity index (χ4v) is 1.99. The van der Waals surface area contributed by atoms with Gasteiger partial charge in [-0.05, 0) is 43.3 Å². The summed E-state index contributed by atoms with van der Waals surface area (Å²) in [6, 6.07) is 8.93. The number of ether oxygens (including phenoxy) is 1. The van der Waals surface area contributed by atoms with E-state index in [-0.39, 0.29) is 12.1 Å². The van der Waals surface area contributed by atoms with Gasteiger partial charge < -0.3 is 15.4 Å². The lowest BCUT2D eigenvalue weighted by atomic mass is 10.2. The van der Waals surface area contributed by atoms with Crippen molar-refractivity contribution in [1.29, 1.82) is 0 Å². The van der Waals surface area contributed by atoms with Gasteiger partial charge in [-0.3, -0.25) is 4.79 Å². The molecule has 0 unspecified atom stereocenters. The number of rotatable bonds is 7. The summed E-state index contributed by atoms with van der Waals surface area (Å²) in [6.45, 7) is 2.76. The lowest BCUT2D eigenvalue weighted by Crippen LogP contribution is -2.17. The summed E-state index contributed by atoms with van der Waals surface area (Å²) in [5.41, 5.74) is 0.408. The minimum absolute atomic E-state index is 0.0334. The molecule has 0 aliphatic carbocycles. The second kappa shape index (κ2) is 8.24. The Morgan fingerprint density at radius 1 is 1.04 bits per heavy atom. The van der Waals surface area contributed by atoms with Crippen molar-refractivity contribution < 1.29 is 22.7 Å². The Morgan fingerprint density at radius 3 is 2.42 bits per heavy atom. The van der Waals surface area contributed by atoms with Crippen molar-refractivity contribution in [2.75, 3.05) is 23.8 Å². The van der Waals surface area contributed by atoms with Crippen LogP contribution in [0.3, 0.4) is 0 Å². The molecule has 0 radical (unpaired) electrons. The van der Waals surface area contributed by atoms with Crippen LogP contribution in [0.4, 0.5) is 24.5 Å². The van der Waals surface area contributed by atoms with Gasteiger partial charge in [-0.25, -0.2) is 13.2 Å². The van der Waals surface area contributed by atoms with E-state index >= 15 is 0 Å². The largest absolute Gasteiger partial charge is 0.494 e. The maximum Gasteiger partial charge on any atom is 0.226 e. The summed E-state index contributed by atoms with van der Waals surface area (Å²) in [6.07, 6.45) is 0.0334. The van der Waals surface area contributed by atoms with E-state index in [0.717, 1.165) is 23.6 Å². The average molecular weight is 338 g/mol. The van der Waals surface area contributed by atoms with Gasteiger partial charge >= 0.3 is 0 Å². The molecule has 2 aromatic rings. The van der Waals surface area contributed by atoms with Gasteiger partial charge in [0.2, 0.25) is 5.91 Å². The van der Waals surface area contributed by atoms with E-state index < -0.39 is 23.4 Å². The van der Waals surface area contributed by atoms with Crippen LogP contribution in [0.2, 0.25) is 0 Å². The molecule has 1 amide bonds. The van der Waals surface area contributed by atoms with Gasteiger partial charge in [0, 0.05) is 18.7 Å². The normalized spacial score (nSPS) is 10.3. The highest BCUT2D eigenvalue weighted by Crippen LogP contribution is 2.20. The molecule has 2 N–H and O–H groups in total. The predicted molar refractivity (Wildman–Crippen MR) is 85.7 cm³/mol. The number of hydrogen-bond acceptors (Lipinski definition) is 3. The summed E-state index contributed by atoms with van der Waals surface area (Å²) in [7, 11) is 0. The standard InChI is InChI=1S/C17H17F3N2O2/c1-2-24-12-5-3-11(4-6-12)21-10-9-15(23)22-14-8-7-13(18)16(19)17(14)20/h3-8,21H,2,9-10H2,1H3,(H,22,23). The molecule has 7 heteroatoms. The quantitative estimate of drug-likeness (QED) is 0.752.